The minimum atomic E-state index is -3.78. The van der Waals surface area contributed by atoms with E-state index in [1.165, 1.54) is 6.07 Å². The van der Waals surface area contributed by atoms with Crippen LogP contribution < -0.4 is 5.43 Å². The minimum Gasteiger partial charge on any atom is -0.272 e. The molecule has 2 aliphatic rings. The van der Waals surface area contributed by atoms with Crippen LogP contribution in [0.4, 0.5) is 0 Å². The lowest BCUT2D eigenvalue weighted by atomic mass is 10.2. The van der Waals surface area contributed by atoms with Gasteiger partial charge in [0.1, 0.15) is 4.90 Å². The smallest absolute Gasteiger partial charge is 0.272 e. The summed E-state index contributed by atoms with van der Waals surface area (Å²) in [6, 6.07) is 13.9. The first-order valence-electron chi connectivity index (χ1n) is 7.60. The van der Waals surface area contributed by atoms with Crippen LogP contribution in [0.3, 0.4) is 0 Å². The molecule has 0 saturated carbocycles. The van der Waals surface area contributed by atoms with Crippen LogP contribution in [0.25, 0.3) is 6.08 Å². The number of nitrogens with zero attached hydrogens (tertiary/aromatic N) is 2. The number of halogens is 1. The van der Waals surface area contributed by atoms with E-state index >= 15 is 0 Å². The number of hydrazine groups is 1. The Morgan fingerprint density at radius 3 is 2.74 bits per heavy atom. The summed E-state index contributed by atoms with van der Waals surface area (Å²) in [6.45, 7) is 0. The third-order valence-electron chi connectivity index (χ3n) is 3.79. The summed E-state index contributed by atoms with van der Waals surface area (Å²) in [5.41, 5.74) is 4.01. The van der Waals surface area contributed by atoms with E-state index in [0.29, 0.717) is 10.5 Å². The van der Waals surface area contributed by atoms with E-state index in [0.717, 1.165) is 26.8 Å². The van der Waals surface area contributed by atoms with Gasteiger partial charge in [-0.25, -0.2) is 0 Å². The predicted molar refractivity (Wildman–Crippen MR) is 112 cm³/mol. The summed E-state index contributed by atoms with van der Waals surface area (Å²) < 4.78 is 29.2. The Kier molecular flexibility index (Phi) is 4.66. The van der Waals surface area contributed by atoms with Crippen LogP contribution >= 0.6 is 39.9 Å². The molecule has 10 heteroatoms. The summed E-state index contributed by atoms with van der Waals surface area (Å²) in [4.78, 5) is 13.3. The average Bonchev–Trinajstić information content (AvgIpc) is 3.03. The number of nitrogens with one attached hydrogen (secondary N) is 1. The SMILES string of the molecule is O=C1/C(=C\c2cccc(Br)c2)SC(=S)N1NC1=NS(=O)(=O)c2ccccc21. The van der Waals surface area contributed by atoms with Gasteiger partial charge in [-0.3, -0.25) is 10.2 Å². The highest BCUT2D eigenvalue weighted by Crippen LogP contribution is 2.33. The normalized spacial score (nSPS) is 19.4. The van der Waals surface area contributed by atoms with Gasteiger partial charge in [0.05, 0.1) is 4.91 Å². The zero-order chi connectivity index (χ0) is 19.2. The van der Waals surface area contributed by atoms with Gasteiger partial charge in [0.15, 0.2) is 10.2 Å². The van der Waals surface area contributed by atoms with Crippen LogP contribution in [0.15, 0.2) is 67.2 Å². The third-order valence-corrected chi connectivity index (χ3v) is 6.92. The van der Waals surface area contributed by atoms with Crippen molar-refractivity contribution in [2.45, 2.75) is 4.90 Å². The third kappa shape index (κ3) is 3.45. The van der Waals surface area contributed by atoms with E-state index in [1.54, 1.807) is 24.3 Å². The molecule has 0 aromatic heterocycles. The van der Waals surface area contributed by atoms with Crippen molar-refractivity contribution >= 4 is 72.1 Å². The van der Waals surface area contributed by atoms with Crippen LogP contribution in [0.1, 0.15) is 11.1 Å². The van der Waals surface area contributed by atoms with Crippen molar-refractivity contribution in [2.75, 3.05) is 0 Å². The Labute approximate surface area is 173 Å². The van der Waals surface area contributed by atoms with Crippen LogP contribution in [0, 0.1) is 0 Å². The molecule has 1 amide bonds. The van der Waals surface area contributed by atoms with Gasteiger partial charge in [0.2, 0.25) is 0 Å². The quantitative estimate of drug-likeness (QED) is 0.525. The number of carbonyl (C=O) groups excluding carboxylic acids is 1. The fraction of sp³-hybridized carbons (Fsp3) is 0. The predicted octanol–water partition coefficient (Wildman–Crippen LogP) is 3.30. The Balaban J connectivity index is 1.63. The number of rotatable bonds is 2. The molecule has 2 aromatic rings. The first-order chi connectivity index (χ1) is 12.8. The topological polar surface area (TPSA) is 78.8 Å². The van der Waals surface area contributed by atoms with Gasteiger partial charge in [0.25, 0.3) is 15.9 Å². The van der Waals surface area contributed by atoms with E-state index in [-0.39, 0.29) is 21.0 Å². The number of hydrogen-bond acceptors (Lipinski definition) is 6. The fourth-order valence-corrected chi connectivity index (χ4v) is 5.37. The van der Waals surface area contributed by atoms with Crippen molar-refractivity contribution in [1.29, 1.82) is 0 Å². The van der Waals surface area contributed by atoms with Crippen molar-refractivity contribution < 1.29 is 13.2 Å². The second kappa shape index (κ2) is 6.86. The highest BCUT2D eigenvalue weighted by molar-refractivity contribution is 9.10. The number of fused-ring (bicyclic) bond motifs is 1. The number of amidine groups is 1. The minimum absolute atomic E-state index is 0.0746. The van der Waals surface area contributed by atoms with E-state index in [2.05, 4.69) is 25.8 Å². The number of benzene rings is 2. The summed E-state index contributed by atoms with van der Waals surface area (Å²) in [5, 5.41) is 1.14. The largest absolute Gasteiger partial charge is 0.285 e. The lowest BCUT2D eigenvalue weighted by Gasteiger charge is -2.16. The zero-order valence-electron chi connectivity index (χ0n) is 13.4. The van der Waals surface area contributed by atoms with Crippen molar-refractivity contribution in [1.82, 2.24) is 10.4 Å². The van der Waals surface area contributed by atoms with Gasteiger partial charge in [-0.2, -0.15) is 13.4 Å². The highest BCUT2D eigenvalue weighted by atomic mass is 79.9. The molecule has 0 spiro atoms. The van der Waals surface area contributed by atoms with Gasteiger partial charge in [-0.15, -0.1) is 4.40 Å². The Bertz CT molecular complexity index is 1160. The molecule has 27 heavy (non-hydrogen) atoms. The maximum atomic E-state index is 12.7. The molecule has 136 valence electrons. The van der Waals surface area contributed by atoms with E-state index in [1.807, 2.05) is 24.3 Å². The van der Waals surface area contributed by atoms with Crippen molar-refractivity contribution in [3.05, 3.63) is 69.0 Å². The highest BCUT2D eigenvalue weighted by Gasteiger charge is 2.36. The fourth-order valence-electron chi connectivity index (χ4n) is 2.60. The molecular weight excluding hydrogens is 470 g/mol. The summed E-state index contributed by atoms with van der Waals surface area (Å²) >= 11 is 9.80. The molecule has 6 nitrogen and oxygen atoms in total. The number of carbonyl (C=O) groups is 1. The molecule has 2 heterocycles. The van der Waals surface area contributed by atoms with Gasteiger partial charge >= 0.3 is 0 Å². The Hall–Kier alpha value is -2.01. The van der Waals surface area contributed by atoms with Crippen LogP contribution in [-0.4, -0.2) is 29.5 Å². The number of thiocarbonyl (C=S) groups is 1. The van der Waals surface area contributed by atoms with E-state index in [4.69, 9.17) is 12.2 Å². The molecular formula is C17H10BrN3O3S3. The second-order valence-electron chi connectivity index (χ2n) is 5.60. The number of thioether (sulfide) groups is 1. The number of amides is 1. The van der Waals surface area contributed by atoms with Gasteiger partial charge in [-0.05, 0) is 48.1 Å². The summed E-state index contributed by atoms with van der Waals surface area (Å²) in [5.74, 6) is -0.292. The molecule has 0 radical (unpaired) electrons. The average molecular weight is 480 g/mol. The summed E-state index contributed by atoms with van der Waals surface area (Å²) in [7, 11) is -3.78. The van der Waals surface area contributed by atoms with Crippen molar-refractivity contribution in [2.24, 2.45) is 4.40 Å². The molecule has 4 rings (SSSR count). The zero-order valence-corrected chi connectivity index (χ0v) is 17.5. The molecule has 1 fully saturated rings. The number of hydrogen-bond donors (Lipinski definition) is 1. The lowest BCUT2D eigenvalue weighted by molar-refractivity contribution is -0.123. The molecule has 1 N–H and O–H groups in total. The Morgan fingerprint density at radius 1 is 1.19 bits per heavy atom. The number of sulfonamides is 1. The van der Waals surface area contributed by atoms with Crippen LogP contribution in [0.5, 0.6) is 0 Å². The second-order valence-corrected chi connectivity index (χ2v) is 9.76. The van der Waals surface area contributed by atoms with Crippen LogP contribution in [-0.2, 0) is 14.8 Å². The van der Waals surface area contributed by atoms with E-state index in [9.17, 15) is 13.2 Å². The van der Waals surface area contributed by atoms with Crippen LogP contribution in [0.2, 0.25) is 0 Å². The summed E-state index contributed by atoms with van der Waals surface area (Å²) in [6.07, 6.45) is 1.73. The first kappa shape index (κ1) is 18.4. The van der Waals surface area contributed by atoms with E-state index < -0.39 is 10.0 Å². The van der Waals surface area contributed by atoms with Crippen molar-refractivity contribution in [3.63, 3.8) is 0 Å². The Morgan fingerprint density at radius 2 is 1.96 bits per heavy atom. The van der Waals surface area contributed by atoms with Gasteiger partial charge < -0.3 is 0 Å². The van der Waals surface area contributed by atoms with Crippen molar-refractivity contribution in [3.8, 4) is 0 Å². The maximum Gasteiger partial charge on any atom is 0.285 e. The maximum absolute atomic E-state index is 12.7. The first-order valence-corrected chi connectivity index (χ1v) is 11.1. The van der Waals surface area contributed by atoms with Gasteiger partial charge in [0, 0.05) is 10.0 Å². The molecule has 0 bridgehead atoms. The molecule has 2 aliphatic heterocycles. The molecule has 0 unspecified atom stereocenters. The molecule has 0 aliphatic carbocycles. The molecule has 2 aromatic carbocycles. The standard InChI is InChI=1S/C17H10BrN3O3S3/c18-11-5-3-4-10(8-11)9-13-16(22)21(17(25)26-13)19-15-12-6-1-2-7-14(12)27(23,24)20-15/h1-9H,(H,19,20)/b13-9+. The monoisotopic (exact) mass is 479 g/mol. The molecule has 0 atom stereocenters. The molecule has 1 saturated heterocycles. The van der Waals surface area contributed by atoms with Gasteiger partial charge in [-0.1, -0.05) is 52.0 Å². The lowest BCUT2D eigenvalue weighted by Crippen LogP contribution is -2.44.